The van der Waals surface area contributed by atoms with Crippen molar-refractivity contribution in [2.45, 2.75) is 19.4 Å². The maximum absolute atomic E-state index is 12.2. The van der Waals surface area contributed by atoms with Gasteiger partial charge in [-0.1, -0.05) is 18.2 Å². The molecule has 1 amide bonds. The van der Waals surface area contributed by atoms with Crippen molar-refractivity contribution in [2.75, 3.05) is 5.32 Å². The van der Waals surface area contributed by atoms with E-state index in [9.17, 15) is 4.79 Å². The molecule has 0 saturated heterocycles. The van der Waals surface area contributed by atoms with Crippen molar-refractivity contribution in [2.24, 2.45) is 12.8 Å². The third-order valence-electron chi connectivity index (χ3n) is 3.88. The van der Waals surface area contributed by atoms with Gasteiger partial charge in [0.15, 0.2) is 0 Å². The van der Waals surface area contributed by atoms with Crippen LogP contribution in [-0.4, -0.2) is 20.7 Å². The minimum Gasteiger partial charge on any atom is -0.326 e. The van der Waals surface area contributed by atoms with E-state index in [1.807, 2.05) is 30.5 Å². The number of hydrogen-bond acceptors (Lipinski definition) is 4. The van der Waals surface area contributed by atoms with E-state index in [1.165, 1.54) is 0 Å². The van der Waals surface area contributed by atoms with Gasteiger partial charge in [0.2, 0.25) is 5.91 Å². The minimum atomic E-state index is -0.0469. The zero-order valence-corrected chi connectivity index (χ0v) is 13.0. The van der Waals surface area contributed by atoms with Crippen LogP contribution in [0.5, 0.6) is 0 Å². The summed E-state index contributed by atoms with van der Waals surface area (Å²) in [5.41, 5.74) is 7.63. The maximum atomic E-state index is 12.2. The van der Waals surface area contributed by atoms with Gasteiger partial charge >= 0.3 is 0 Å². The molecule has 3 aromatic rings. The van der Waals surface area contributed by atoms with E-state index in [0.717, 1.165) is 21.9 Å². The van der Waals surface area contributed by atoms with Crippen LogP contribution in [0, 0.1) is 0 Å². The van der Waals surface area contributed by atoms with Gasteiger partial charge in [0.05, 0.1) is 6.20 Å². The van der Waals surface area contributed by atoms with Crippen molar-refractivity contribution >= 4 is 22.5 Å². The molecule has 0 atom stereocenters. The zero-order valence-electron chi connectivity index (χ0n) is 13.0. The van der Waals surface area contributed by atoms with Gasteiger partial charge in [0, 0.05) is 43.4 Å². The van der Waals surface area contributed by atoms with Crippen LogP contribution >= 0.6 is 0 Å². The van der Waals surface area contributed by atoms with Crippen LogP contribution in [0.2, 0.25) is 0 Å². The Morgan fingerprint density at radius 2 is 2.13 bits per heavy atom. The van der Waals surface area contributed by atoms with Gasteiger partial charge in [-0.05, 0) is 23.4 Å². The largest absolute Gasteiger partial charge is 0.326 e. The first-order valence-corrected chi connectivity index (χ1v) is 7.51. The molecule has 0 aliphatic carbocycles. The van der Waals surface area contributed by atoms with Crippen molar-refractivity contribution in [1.82, 2.24) is 14.8 Å². The summed E-state index contributed by atoms with van der Waals surface area (Å²) in [6, 6.07) is 8.04. The molecule has 1 aromatic carbocycles. The molecule has 0 spiro atoms. The smallest absolute Gasteiger partial charge is 0.225 e. The third kappa shape index (κ3) is 3.22. The lowest BCUT2D eigenvalue weighted by Gasteiger charge is -2.09. The van der Waals surface area contributed by atoms with Gasteiger partial charge in [-0.15, -0.1) is 0 Å². The van der Waals surface area contributed by atoms with Gasteiger partial charge in [0.25, 0.3) is 0 Å². The summed E-state index contributed by atoms with van der Waals surface area (Å²) in [6.45, 7) is 0.347. The van der Waals surface area contributed by atoms with E-state index >= 15 is 0 Å². The molecule has 3 rings (SSSR count). The maximum Gasteiger partial charge on any atom is 0.225 e. The highest BCUT2D eigenvalue weighted by atomic mass is 16.1. The number of nitrogens with one attached hydrogen (secondary N) is 1. The molecule has 0 aliphatic heterocycles. The minimum absolute atomic E-state index is 0.0469. The SMILES string of the molecule is Cn1ncc(CN)c1NC(=O)CCc1cccc2cnccc12. The number of fused-ring (bicyclic) bond motifs is 1. The average molecular weight is 309 g/mol. The lowest BCUT2D eigenvalue weighted by Crippen LogP contribution is -2.16. The highest BCUT2D eigenvalue weighted by Crippen LogP contribution is 2.19. The number of aromatic nitrogens is 3. The molecular formula is C17H19N5O. The number of anilines is 1. The van der Waals surface area contributed by atoms with E-state index in [4.69, 9.17) is 5.73 Å². The summed E-state index contributed by atoms with van der Waals surface area (Å²) in [4.78, 5) is 16.4. The molecule has 0 bridgehead atoms. The fraction of sp³-hybridized carbons (Fsp3) is 0.235. The van der Waals surface area contributed by atoms with Crippen LogP contribution in [0.15, 0.2) is 42.9 Å². The molecule has 6 nitrogen and oxygen atoms in total. The first-order valence-electron chi connectivity index (χ1n) is 7.51. The number of rotatable bonds is 5. The monoisotopic (exact) mass is 309 g/mol. The number of amides is 1. The molecular weight excluding hydrogens is 290 g/mol. The summed E-state index contributed by atoms with van der Waals surface area (Å²) < 4.78 is 1.63. The highest BCUT2D eigenvalue weighted by Gasteiger charge is 2.11. The Kier molecular flexibility index (Phi) is 4.34. The Morgan fingerprint density at radius 3 is 2.96 bits per heavy atom. The van der Waals surface area contributed by atoms with Crippen LogP contribution in [0.1, 0.15) is 17.5 Å². The van der Waals surface area contributed by atoms with Gasteiger partial charge < -0.3 is 11.1 Å². The van der Waals surface area contributed by atoms with Crippen LogP contribution in [0.4, 0.5) is 5.82 Å². The lowest BCUT2D eigenvalue weighted by molar-refractivity contribution is -0.116. The molecule has 0 radical (unpaired) electrons. The van der Waals surface area contributed by atoms with E-state index in [0.29, 0.717) is 25.2 Å². The fourth-order valence-electron chi connectivity index (χ4n) is 2.64. The molecule has 23 heavy (non-hydrogen) atoms. The van der Waals surface area contributed by atoms with E-state index < -0.39 is 0 Å². The highest BCUT2D eigenvalue weighted by molar-refractivity contribution is 5.91. The summed E-state index contributed by atoms with van der Waals surface area (Å²) >= 11 is 0. The molecule has 118 valence electrons. The normalized spacial score (nSPS) is 10.9. The van der Waals surface area contributed by atoms with E-state index in [-0.39, 0.29) is 5.91 Å². The van der Waals surface area contributed by atoms with Crippen molar-refractivity contribution in [3.8, 4) is 0 Å². The van der Waals surface area contributed by atoms with Crippen molar-refractivity contribution < 1.29 is 4.79 Å². The number of nitrogens with two attached hydrogens (primary N) is 1. The number of nitrogens with zero attached hydrogens (tertiary/aromatic N) is 3. The van der Waals surface area contributed by atoms with Crippen molar-refractivity contribution in [3.63, 3.8) is 0 Å². The van der Waals surface area contributed by atoms with Crippen molar-refractivity contribution in [3.05, 3.63) is 54.0 Å². The van der Waals surface area contributed by atoms with Crippen LogP contribution in [0.3, 0.4) is 0 Å². The molecule has 0 fully saturated rings. The fourth-order valence-corrected chi connectivity index (χ4v) is 2.64. The molecule has 6 heteroatoms. The average Bonchev–Trinajstić information content (AvgIpc) is 2.93. The van der Waals surface area contributed by atoms with Gasteiger partial charge in [0.1, 0.15) is 5.82 Å². The Bertz CT molecular complexity index is 835. The Hall–Kier alpha value is -2.73. The summed E-state index contributed by atoms with van der Waals surface area (Å²) in [7, 11) is 1.78. The number of carbonyl (C=O) groups excluding carboxylic acids is 1. The first-order chi connectivity index (χ1) is 11.2. The van der Waals surface area contributed by atoms with Crippen molar-refractivity contribution in [1.29, 1.82) is 0 Å². The van der Waals surface area contributed by atoms with E-state index in [2.05, 4.69) is 15.4 Å². The van der Waals surface area contributed by atoms with Crippen LogP contribution in [-0.2, 0) is 24.8 Å². The zero-order chi connectivity index (χ0) is 16.2. The lowest BCUT2D eigenvalue weighted by atomic mass is 10.0. The second kappa shape index (κ2) is 6.58. The number of aryl methyl sites for hydroxylation is 2. The standard InChI is InChI=1S/C17H19N5O/c1-22-17(14(9-18)11-20-22)21-16(23)6-5-12-3-2-4-13-10-19-8-7-15(12)13/h2-4,7-8,10-11H,5-6,9,18H2,1H3,(H,21,23). The number of benzene rings is 1. The summed E-state index contributed by atoms with van der Waals surface area (Å²) in [5, 5.41) is 9.23. The molecule has 0 saturated carbocycles. The van der Waals surface area contributed by atoms with Crippen LogP contribution in [0.25, 0.3) is 10.8 Å². The first kappa shape index (κ1) is 15.2. The Balaban J connectivity index is 1.70. The van der Waals surface area contributed by atoms with E-state index in [1.54, 1.807) is 24.1 Å². The molecule has 0 aliphatic rings. The Morgan fingerprint density at radius 1 is 1.26 bits per heavy atom. The summed E-state index contributed by atoms with van der Waals surface area (Å²) in [6.07, 6.45) is 6.35. The second-order valence-corrected chi connectivity index (χ2v) is 5.41. The quantitative estimate of drug-likeness (QED) is 0.755. The number of hydrogen-bond donors (Lipinski definition) is 2. The topological polar surface area (TPSA) is 85.8 Å². The number of pyridine rings is 1. The second-order valence-electron chi connectivity index (χ2n) is 5.41. The molecule has 2 heterocycles. The Labute approximate surface area is 134 Å². The van der Waals surface area contributed by atoms with Crippen LogP contribution < -0.4 is 11.1 Å². The predicted octanol–water partition coefficient (Wildman–Crippen LogP) is 2.00. The number of carbonyl (C=O) groups is 1. The van der Waals surface area contributed by atoms with Gasteiger partial charge in [-0.2, -0.15) is 5.10 Å². The molecule has 3 N–H and O–H groups in total. The molecule has 0 unspecified atom stereocenters. The van der Waals surface area contributed by atoms with Gasteiger partial charge in [-0.3, -0.25) is 14.5 Å². The van der Waals surface area contributed by atoms with Gasteiger partial charge in [-0.25, -0.2) is 0 Å². The summed E-state index contributed by atoms with van der Waals surface area (Å²) in [5.74, 6) is 0.619. The predicted molar refractivity (Wildman–Crippen MR) is 89.8 cm³/mol. The third-order valence-corrected chi connectivity index (χ3v) is 3.88. The molecule has 2 aromatic heterocycles.